The lowest BCUT2D eigenvalue weighted by Gasteiger charge is -2.24. The van der Waals surface area contributed by atoms with Crippen molar-refractivity contribution in [1.29, 1.82) is 0 Å². The molecule has 0 saturated heterocycles. The van der Waals surface area contributed by atoms with Gasteiger partial charge in [0.25, 0.3) is 10.0 Å². The van der Waals surface area contributed by atoms with Gasteiger partial charge in [0.1, 0.15) is 6.54 Å². The number of aryl methyl sites for hydroxylation is 2. The maximum absolute atomic E-state index is 13.4. The summed E-state index contributed by atoms with van der Waals surface area (Å²) in [7, 11) is -3.92. The predicted molar refractivity (Wildman–Crippen MR) is 126 cm³/mol. The fourth-order valence-corrected chi connectivity index (χ4v) is 4.88. The first-order valence-corrected chi connectivity index (χ1v) is 11.7. The lowest BCUT2D eigenvalue weighted by atomic mass is 10.0. The van der Waals surface area contributed by atoms with Gasteiger partial charge in [-0.2, -0.15) is 0 Å². The Morgan fingerprint density at radius 1 is 0.903 bits per heavy atom. The van der Waals surface area contributed by atoms with Gasteiger partial charge in [-0.3, -0.25) is 9.10 Å². The number of sulfonamides is 1. The van der Waals surface area contributed by atoms with Crippen molar-refractivity contribution in [3.05, 3.63) is 89.5 Å². The maximum atomic E-state index is 13.4. The Bertz CT molecular complexity index is 1130. The molecule has 0 fully saturated rings. The van der Waals surface area contributed by atoms with Crippen LogP contribution in [-0.2, 0) is 14.8 Å². The van der Waals surface area contributed by atoms with Crippen LogP contribution in [0.15, 0.2) is 77.7 Å². The molecule has 6 heteroatoms. The summed E-state index contributed by atoms with van der Waals surface area (Å²) >= 11 is 0. The number of nitrogens with zero attached hydrogens (tertiary/aromatic N) is 1. The fraction of sp³-hybridized carbons (Fsp3) is 0.240. The smallest absolute Gasteiger partial charge is 0.264 e. The van der Waals surface area contributed by atoms with Gasteiger partial charge in [0.05, 0.1) is 10.6 Å². The number of nitrogens with one attached hydrogen (secondary N) is 1. The topological polar surface area (TPSA) is 66.5 Å². The Kier molecular flexibility index (Phi) is 6.81. The maximum Gasteiger partial charge on any atom is 0.264 e. The molecule has 0 bridgehead atoms. The molecule has 1 amide bonds. The molecule has 0 aliphatic rings. The second kappa shape index (κ2) is 9.35. The second-order valence-electron chi connectivity index (χ2n) is 8.00. The number of anilines is 2. The van der Waals surface area contributed by atoms with Crippen molar-refractivity contribution in [1.82, 2.24) is 0 Å². The fourth-order valence-electron chi connectivity index (χ4n) is 3.44. The first-order valence-electron chi connectivity index (χ1n) is 10.2. The van der Waals surface area contributed by atoms with E-state index in [1.54, 1.807) is 30.3 Å². The van der Waals surface area contributed by atoms with Crippen molar-refractivity contribution < 1.29 is 13.2 Å². The van der Waals surface area contributed by atoms with Crippen molar-refractivity contribution in [2.75, 3.05) is 16.2 Å². The average Bonchev–Trinajstić information content (AvgIpc) is 2.72. The van der Waals surface area contributed by atoms with Crippen LogP contribution in [0.5, 0.6) is 0 Å². The predicted octanol–water partition coefficient (Wildman–Crippen LogP) is 5.26. The van der Waals surface area contributed by atoms with E-state index in [0.717, 1.165) is 21.0 Å². The highest BCUT2D eigenvalue weighted by Gasteiger charge is 2.27. The van der Waals surface area contributed by atoms with Crippen molar-refractivity contribution in [3.8, 4) is 0 Å². The molecule has 0 heterocycles. The molecule has 0 aliphatic carbocycles. The molecule has 0 aromatic heterocycles. The molecule has 0 radical (unpaired) electrons. The highest BCUT2D eigenvalue weighted by molar-refractivity contribution is 7.92. The largest absolute Gasteiger partial charge is 0.324 e. The normalized spacial score (nSPS) is 11.4. The van der Waals surface area contributed by atoms with E-state index in [1.165, 1.54) is 12.1 Å². The zero-order valence-electron chi connectivity index (χ0n) is 18.3. The standard InChI is InChI=1S/C25H28N2O3S/c1-18(2)21-10-12-23(13-11-21)27(31(29,30)24-8-6-5-7-9-24)17-25(28)26-22-15-19(3)14-20(4)16-22/h5-16,18H,17H2,1-4H3,(H,26,28). The summed E-state index contributed by atoms with van der Waals surface area (Å²) in [5, 5.41) is 2.83. The third-order valence-corrected chi connectivity index (χ3v) is 6.76. The van der Waals surface area contributed by atoms with E-state index < -0.39 is 15.9 Å². The van der Waals surface area contributed by atoms with E-state index in [0.29, 0.717) is 17.3 Å². The van der Waals surface area contributed by atoms with Crippen LogP contribution in [0.3, 0.4) is 0 Å². The molecule has 0 aliphatic heterocycles. The molecule has 0 spiro atoms. The molecular formula is C25H28N2O3S. The van der Waals surface area contributed by atoms with Gasteiger partial charge in [-0.25, -0.2) is 8.42 Å². The van der Waals surface area contributed by atoms with Crippen molar-refractivity contribution in [2.24, 2.45) is 0 Å². The van der Waals surface area contributed by atoms with Gasteiger partial charge >= 0.3 is 0 Å². The Hall–Kier alpha value is -3.12. The first-order chi connectivity index (χ1) is 14.7. The van der Waals surface area contributed by atoms with E-state index in [-0.39, 0.29) is 11.4 Å². The Balaban J connectivity index is 1.94. The quantitative estimate of drug-likeness (QED) is 0.549. The zero-order valence-corrected chi connectivity index (χ0v) is 19.1. The lowest BCUT2D eigenvalue weighted by molar-refractivity contribution is -0.114. The summed E-state index contributed by atoms with van der Waals surface area (Å²) in [5.41, 5.74) is 4.24. The molecule has 3 aromatic carbocycles. The summed E-state index contributed by atoms with van der Waals surface area (Å²) < 4.78 is 27.9. The molecule has 5 nitrogen and oxygen atoms in total. The minimum Gasteiger partial charge on any atom is -0.324 e. The average molecular weight is 437 g/mol. The van der Waals surface area contributed by atoms with Gasteiger partial charge in [0.2, 0.25) is 5.91 Å². The number of benzene rings is 3. The monoisotopic (exact) mass is 436 g/mol. The number of hydrogen-bond acceptors (Lipinski definition) is 3. The number of rotatable bonds is 7. The molecule has 0 saturated carbocycles. The van der Waals surface area contributed by atoms with E-state index in [4.69, 9.17) is 0 Å². The third-order valence-electron chi connectivity index (χ3n) is 4.97. The Morgan fingerprint density at radius 3 is 2.03 bits per heavy atom. The van der Waals surface area contributed by atoms with Crippen LogP contribution in [0.4, 0.5) is 11.4 Å². The minimum absolute atomic E-state index is 0.141. The second-order valence-corrected chi connectivity index (χ2v) is 9.86. The van der Waals surface area contributed by atoms with Crippen LogP contribution in [-0.4, -0.2) is 20.9 Å². The SMILES string of the molecule is Cc1cc(C)cc(NC(=O)CN(c2ccc(C(C)C)cc2)S(=O)(=O)c2ccccc2)c1. The molecule has 162 valence electrons. The Labute approximate surface area is 184 Å². The van der Waals surface area contributed by atoms with Gasteiger partial charge in [-0.15, -0.1) is 0 Å². The van der Waals surface area contributed by atoms with Crippen LogP contribution in [0.2, 0.25) is 0 Å². The summed E-state index contributed by atoms with van der Waals surface area (Å²) in [6.45, 7) is 7.72. The summed E-state index contributed by atoms with van der Waals surface area (Å²) in [6, 6.07) is 21.2. The van der Waals surface area contributed by atoms with Gasteiger partial charge in [0.15, 0.2) is 0 Å². The molecule has 0 unspecified atom stereocenters. The number of hydrogen-bond donors (Lipinski definition) is 1. The molecule has 3 aromatic rings. The number of carbonyl (C=O) groups is 1. The van der Waals surface area contributed by atoms with Crippen LogP contribution >= 0.6 is 0 Å². The third kappa shape index (κ3) is 5.52. The van der Waals surface area contributed by atoms with E-state index in [9.17, 15) is 13.2 Å². The summed E-state index contributed by atoms with van der Waals surface area (Å²) in [5.74, 6) is -0.0847. The number of amides is 1. The highest BCUT2D eigenvalue weighted by Crippen LogP contribution is 2.26. The van der Waals surface area contributed by atoms with Gasteiger partial charge in [-0.1, -0.05) is 50.2 Å². The van der Waals surface area contributed by atoms with Crippen LogP contribution in [0, 0.1) is 13.8 Å². The lowest BCUT2D eigenvalue weighted by Crippen LogP contribution is -2.38. The van der Waals surface area contributed by atoms with Crippen molar-refractivity contribution >= 4 is 27.3 Å². The van der Waals surface area contributed by atoms with E-state index in [2.05, 4.69) is 19.2 Å². The molecule has 0 atom stereocenters. The van der Waals surface area contributed by atoms with Crippen LogP contribution in [0.25, 0.3) is 0 Å². The van der Waals surface area contributed by atoms with Crippen molar-refractivity contribution in [2.45, 2.75) is 38.5 Å². The molecule has 3 rings (SSSR count). The summed E-state index contributed by atoms with van der Waals surface area (Å²) in [4.78, 5) is 13.0. The zero-order chi connectivity index (χ0) is 22.6. The van der Waals surface area contributed by atoms with Crippen molar-refractivity contribution in [3.63, 3.8) is 0 Å². The highest BCUT2D eigenvalue weighted by atomic mass is 32.2. The summed E-state index contributed by atoms with van der Waals surface area (Å²) in [6.07, 6.45) is 0. The van der Waals surface area contributed by atoms with E-state index in [1.807, 2.05) is 44.2 Å². The van der Waals surface area contributed by atoms with Crippen LogP contribution < -0.4 is 9.62 Å². The first kappa shape index (κ1) is 22.6. The van der Waals surface area contributed by atoms with E-state index >= 15 is 0 Å². The van der Waals surface area contributed by atoms with Gasteiger partial charge < -0.3 is 5.32 Å². The molecule has 31 heavy (non-hydrogen) atoms. The minimum atomic E-state index is -3.92. The van der Waals surface area contributed by atoms with Crippen LogP contribution in [0.1, 0.15) is 36.5 Å². The number of carbonyl (C=O) groups excluding carboxylic acids is 1. The van der Waals surface area contributed by atoms with Gasteiger partial charge in [0, 0.05) is 5.69 Å². The molecule has 1 N–H and O–H groups in total. The Morgan fingerprint density at radius 2 is 1.48 bits per heavy atom. The molecular weight excluding hydrogens is 408 g/mol. The van der Waals surface area contributed by atoms with Gasteiger partial charge in [-0.05, 0) is 72.9 Å².